The van der Waals surface area contributed by atoms with Gasteiger partial charge in [0.15, 0.2) is 6.33 Å². The molecule has 2 N–H and O–H groups in total. The van der Waals surface area contributed by atoms with Crippen LogP contribution in [0.1, 0.15) is 32.3 Å². The lowest BCUT2D eigenvalue weighted by Crippen LogP contribution is -3.00. The van der Waals surface area contributed by atoms with Gasteiger partial charge in [0.1, 0.15) is 0 Å². The molecule has 0 radical (unpaired) electrons. The van der Waals surface area contributed by atoms with Crippen LogP contribution in [0.3, 0.4) is 0 Å². The molecule has 1 amide bonds. The van der Waals surface area contributed by atoms with E-state index in [-0.39, 0.29) is 40.4 Å². The first-order valence-corrected chi connectivity index (χ1v) is 9.41. The smallest absolute Gasteiger partial charge is 0.311 e. The molecule has 0 atom stereocenters. The zero-order valence-corrected chi connectivity index (χ0v) is 18.4. The molecule has 30 heavy (non-hydrogen) atoms. The SMILES string of the molecule is CC(=O)Nc1nc2c(c(=O)[nH]1)n(Cc1ccccc1)c[n+]2CCCCOC(C)=O.[Br-]. The van der Waals surface area contributed by atoms with Crippen molar-refractivity contribution < 1.29 is 35.9 Å². The number of fused-ring (bicyclic) bond motifs is 1. The van der Waals surface area contributed by atoms with E-state index in [1.807, 2.05) is 45.8 Å². The highest BCUT2D eigenvalue weighted by atomic mass is 79.9. The maximum absolute atomic E-state index is 12.7. The second kappa shape index (κ2) is 10.7. The summed E-state index contributed by atoms with van der Waals surface area (Å²) in [4.78, 5) is 42.0. The number of imidazole rings is 1. The Morgan fingerprint density at radius 3 is 2.60 bits per heavy atom. The predicted octanol–water partition coefficient (Wildman–Crippen LogP) is -1.63. The summed E-state index contributed by atoms with van der Waals surface area (Å²) in [5.41, 5.74) is 1.65. The molecule has 0 spiro atoms. The summed E-state index contributed by atoms with van der Waals surface area (Å²) in [5, 5.41) is 2.53. The van der Waals surface area contributed by atoms with Crippen molar-refractivity contribution in [3.8, 4) is 0 Å². The summed E-state index contributed by atoms with van der Waals surface area (Å²) in [6, 6.07) is 9.81. The first-order chi connectivity index (χ1) is 13.9. The second-order valence-electron chi connectivity index (χ2n) is 6.74. The molecule has 0 unspecified atom stereocenters. The maximum atomic E-state index is 12.7. The molecule has 0 aliphatic heterocycles. The van der Waals surface area contributed by atoms with E-state index in [0.717, 1.165) is 12.0 Å². The number of H-pyrrole nitrogens is 1. The van der Waals surface area contributed by atoms with E-state index < -0.39 is 0 Å². The molecule has 9 nitrogen and oxygen atoms in total. The van der Waals surface area contributed by atoms with E-state index in [4.69, 9.17) is 4.74 Å². The number of carbonyl (C=O) groups is 2. The third-order valence-corrected chi connectivity index (χ3v) is 4.30. The van der Waals surface area contributed by atoms with E-state index in [0.29, 0.717) is 37.3 Å². The van der Waals surface area contributed by atoms with Gasteiger partial charge in [0, 0.05) is 13.8 Å². The number of ether oxygens (including phenoxy) is 1. The molecule has 2 aromatic heterocycles. The minimum atomic E-state index is -0.326. The number of nitrogens with zero attached hydrogens (tertiary/aromatic N) is 3. The van der Waals surface area contributed by atoms with Crippen LogP contribution in [-0.4, -0.2) is 33.0 Å². The molecule has 0 saturated carbocycles. The number of halogens is 1. The molecule has 0 fully saturated rings. The molecule has 3 rings (SSSR count). The predicted molar refractivity (Wildman–Crippen MR) is 106 cm³/mol. The highest BCUT2D eigenvalue weighted by Crippen LogP contribution is 2.10. The standard InChI is InChI=1S/C20H23N5O4.BrH/c1-14(26)21-20-22-18-17(19(28)23-20)25(12-16-8-4-3-5-9-16)13-24(18)10-6-7-11-29-15(2)27;/h3-5,8-9,13H,6-7,10-12H2,1-2H3,(H-,21,22,23,26,28);1H. The van der Waals surface area contributed by atoms with E-state index in [9.17, 15) is 14.4 Å². The van der Waals surface area contributed by atoms with Crippen LogP contribution in [0.4, 0.5) is 5.95 Å². The molecule has 0 aliphatic carbocycles. The normalized spacial score (nSPS) is 10.5. The van der Waals surface area contributed by atoms with Crippen LogP contribution in [0, 0.1) is 0 Å². The van der Waals surface area contributed by atoms with Gasteiger partial charge in [-0.3, -0.25) is 29.3 Å². The molecule has 2 heterocycles. The Balaban J connectivity index is 0.00000320. The number of rotatable bonds is 8. The van der Waals surface area contributed by atoms with Crippen molar-refractivity contribution in [1.82, 2.24) is 14.5 Å². The number of esters is 1. The number of benzene rings is 1. The van der Waals surface area contributed by atoms with Gasteiger partial charge in [-0.2, -0.15) is 0 Å². The van der Waals surface area contributed by atoms with E-state index >= 15 is 0 Å². The lowest BCUT2D eigenvalue weighted by atomic mass is 10.2. The molecule has 3 aromatic rings. The Labute approximate surface area is 183 Å². The van der Waals surface area contributed by atoms with Crippen molar-refractivity contribution in [3.05, 3.63) is 52.6 Å². The van der Waals surface area contributed by atoms with Crippen molar-refractivity contribution in [3.63, 3.8) is 0 Å². The van der Waals surface area contributed by atoms with E-state index in [2.05, 4.69) is 15.3 Å². The summed E-state index contributed by atoms with van der Waals surface area (Å²) < 4.78 is 8.69. The summed E-state index contributed by atoms with van der Waals surface area (Å²) >= 11 is 0. The van der Waals surface area contributed by atoms with Crippen molar-refractivity contribution >= 4 is 29.0 Å². The zero-order chi connectivity index (χ0) is 20.8. The lowest BCUT2D eigenvalue weighted by molar-refractivity contribution is -0.674. The second-order valence-corrected chi connectivity index (χ2v) is 6.74. The topological polar surface area (TPSA) is 110 Å². The van der Waals surface area contributed by atoms with Crippen molar-refractivity contribution in [2.75, 3.05) is 11.9 Å². The number of amides is 1. The maximum Gasteiger partial charge on any atom is 0.311 e. The number of nitrogens with one attached hydrogen (secondary N) is 2. The number of aryl methyl sites for hydroxylation is 1. The highest BCUT2D eigenvalue weighted by molar-refractivity contribution is 5.87. The number of aromatic nitrogens is 4. The van der Waals surface area contributed by atoms with Gasteiger partial charge in [0.25, 0.3) is 11.5 Å². The van der Waals surface area contributed by atoms with Crippen LogP contribution >= 0.6 is 0 Å². The largest absolute Gasteiger partial charge is 1.00 e. The fraction of sp³-hybridized carbons (Fsp3) is 0.350. The minimum Gasteiger partial charge on any atom is -1.00 e. The molecule has 1 aromatic carbocycles. The van der Waals surface area contributed by atoms with Gasteiger partial charge in [0.2, 0.25) is 11.4 Å². The first-order valence-electron chi connectivity index (χ1n) is 9.41. The Bertz CT molecular complexity index is 1080. The molecule has 0 saturated heterocycles. The summed E-state index contributed by atoms with van der Waals surface area (Å²) in [5.74, 6) is -0.504. The van der Waals surface area contributed by atoms with Crippen LogP contribution < -0.4 is 32.4 Å². The quantitative estimate of drug-likeness (QED) is 0.230. The molecular formula is C20H24BrN5O4. The van der Waals surface area contributed by atoms with Crippen LogP contribution in [0.25, 0.3) is 11.2 Å². The fourth-order valence-electron chi connectivity index (χ4n) is 3.08. The highest BCUT2D eigenvalue weighted by Gasteiger charge is 2.22. The monoisotopic (exact) mass is 477 g/mol. The Morgan fingerprint density at radius 1 is 1.20 bits per heavy atom. The third-order valence-electron chi connectivity index (χ3n) is 4.30. The third kappa shape index (κ3) is 5.99. The molecule has 0 aliphatic rings. The van der Waals surface area contributed by atoms with Gasteiger partial charge < -0.3 is 21.7 Å². The molecule has 160 valence electrons. The van der Waals surface area contributed by atoms with Gasteiger partial charge in [0.05, 0.1) is 19.7 Å². The molecule has 10 heteroatoms. The zero-order valence-electron chi connectivity index (χ0n) is 16.9. The minimum absolute atomic E-state index is 0. The van der Waals surface area contributed by atoms with Gasteiger partial charge in [-0.05, 0) is 18.4 Å². The summed E-state index contributed by atoms with van der Waals surface area (Å²) in [6.07, 6.45) is 3.29. The van der Waals surface area contributed by atoms with Crippen molar-refractivity contribution in [2.45, 2.75) is 39.8 Å². The lowest BCUT2D eigenvalue weighted by Gasteiger charge is -2.01. The van der Waals surface area contributed by atoms with Crippen LogP contribution in [0.2, 0.25) is 0 Å². The molecule has 0 bridgehead atoms. The van der Waals surface area contributed by atoms with Gasteiger partial charge in [-0.1, -0.05) is 35.3 Å². The number of hydrogen-bond donors (Lipinski definition) is 2. The van der Waals surface area contributed by atoms with Crippen LogP contribution in [0.15, 0.2) is 41.5 Å². The van der Waals surface area contributed by atoms with E-state index in [1.54, 1.807) is 0 Å². The van der Waals surface area contributed by atoms with Gasteiger partial charge in [-0.25, -0.2) is 4.57 Å². The first kappa shape index (κ1) is 23.3. The van der Waals surface area contributed by atoms with Crippen molar-refractivity contribution in [1.29, 1.82) is 0 Å². The number of unbranched alkanes of at least 4 members (excludes halogenated alkanes) is 1. The number of carbonyl (C=O) groups excluding carboxylic acids is 2. The summed E-state index contributed by atoms with van der Waals surface area (Å²) in [6.45, 7) is 4.20. The Kier molecular flexibility index (Phi) is 8.28. The van der Waals surface area contributed by atoms with Crippen LogP contribution in [-0.2, 0) is 27.4 Å². The van der Waals surface area contributed by atoms with Gasteiger partial charge in [-0.15, -0.1) is 0 Å². The number of aromatic amines is 1. The molecular weight excluding hydrogens is 454 g/mol. The van der Waals surface area contributed by atoms with E-state index in [1.165, 1.54) is 13.8 Å². The van der Waals surface area contributed by atoms with Gasteiger partial charge >= 0.3 is 11.6 Å². The average molecular weight is 478 g/mol. The Morgan fingerprint density at radius 2 is 1.93 bits per heavy atom. The fourth-order valence-corrected chi connectivity index (χ4v) is 3.08. The van der Waals surface area contributed by atoms with Crippen molar-refractivity contribution in [2.24, 2.45) is 0 Å². The Hall–Kier alpha value is -3.01. The summed E-state index contributed by atoms with van der Waals surface area (Å²) in [7, 11) is 0. The average Bonchev–Trinajstić information content (AvgIpc) is 2.99. The number of anilines is 1. The van der Waals surface area contributed by atoms with Crippen LogP contribution in [0.5, 0.6) is 0 Å². The number of hydrogen-bond acceptors (Lipinski definition) is 5.